The minimum absolute atomic E-state index is 0.00994. The van der Waals surface area contributed by atoms with Crippen LogP contribution in [0.25, 0.3) is 0 Å². The first-order valence-electron chi connectivity index (χ1n) is 7.87. The van der Waals surface area contributed by atoms with Crippen molar-refractivity contribution in [2.75, 3.05) is 20.8 Å². The molecule has 0 aliphatic heterocycles. The molecule has 27 heavy (non-hydrogen) atoms. The van der Waals surface area contributed by atoms with Crippen molar-refractivity contribution in [3.63, 3.8) is 0 Å². The van der Waals surface area contributed by atoms with E-state index in [0.717, 1.165) is 5.56 Å². The molecule has 0 spiro atoms. The van der Waals surface area contributed by atoms with Crippen LogP contribution >= 0.6 is 0 Å². The van der Waals surface area contributed by atoms with Gasteiger partial charge in [0.1, 0.15) is 6.07 Å². The van der Waals surface area contributed by atoms with Gasteiger partial charge < -0.3 is 14.8 Å². The number of nitriles is 1. The van der Waals surface area contributed by atoms with Crippen LogP contribution in [0.15, 0.2) is 47.4 Å². The number of carbonyl (C=O) groups excluding carboxylic acids is 1. The Morgan fingerprint density at radius 1 is 1.11 bits per heavy atom. The van der Waals surface area contributed by atoms with Gasteiger partial charge in [0, 0.05) is 6.54 Å². The fourth-order valence-corrected chi connectivity index (χ4v) is 3.42. The molecule has 2 N–H and O–H groups in total. The SMILES string of the molecule is COc1ccc(CNC(=O)CNS(=O)(=O)c2ccccc2C#N)cc1OC. The Morgan fingerprint density at radius 2 is 1.81 bits per heavy atom. The van der Waals surface area contributed by atoms with Gasteiger partial charge in [0.05, 0.1) is 31.2 Å². The van der Waals surface area contributed by atoms with Crippen molar-refractivity contribution in [1.29, 1.82) is 5.26 Å². The summed E-state index contributed by atoms with van der Waals surface area (Å²) in [5, 5.41) is 11.6. The average molecular weight is 389 g/mol. The number of rotatable bonds is 8. The summed E-state index contributed by atoms with van der Waals surface area (Å²) in [7, 11) is -0.939. The number of nitrogens with zero attached hydrogens (tertiary/aromatic N) is 1. The standard InChI is InChI=1S/C18H19N3O5S/c1-25-15-8-7-13(9-16(15)26-2)11-20-18(22)12-21-27(23,24)17-6-4-3-5-14(17)10-19/h3-9,21H,11-12H2,1-2H3,(H,20,22). The van der Waals surface area contributed by atoms with Crippen molar-refractivity contribution in [2.24, 2.45) is 0 Å². The number of hydrogen-bond acceptors (Lipinski definition) is 6. The molecule has 2 aromatic carbocycles. The monoisotopic (exact) mass is 389 g/mol. The highest BCUT2D eigenvalue weighted by Crippen LogP contribution is 2.27. The Balaban J connectivity index is 1.96. The molecule has 0 fully saturated rings. The topological polar surface area (TPSA) is 118 Å². The van der Waals surface area contributed by atoms with Gasteiger partial charge in [-0.1, -0.05) is 18.2 Å². The zero-order chi connectivity index (χ0) is 19.9. The van der Waals surface area contributed by atoms with Gasteiger partial charge in [0.15, 0.2) is 11.5 Å². The molecule has 0 saturated heterocycles. The molecule has 0 atom stereocenters. The molecule has 1 amide bonds. The van der Waals surface area contributed by atoms with Crippen molar-refractivity contribution < 1.29 is 22.7 Å². The first-order chi connectivity index (χ1) is 12.9. The lowest BCUT2D eigenvalue weighted by molar-refractivity contribution is -0.120. The number of methoxy groups -OCH3 is 2. The third-order valence-corrected chi connectivity index (χ3v) is 5.12. The number of sulfonamides is 1. The summed E-state index contributed by atoms with van der Waals surface area (Å²) in [6.45, 7) is -0.259. The van der Waals surface area contributed by atoms with E-state index >= 15 is 0 Å². The van der Waals surface area contributed by atoms with Gasteiger partial charge >= 0.3 is 0 Å². The van der Waals surface area contributed by atoms with E-state index in [1.54, 1.807) is 24.3 Å². The fourth-order valence-electron chi connectivity index (χ4n) is 2.29. The molecule has 0 bridgehead atoms. The Kier molecular flexibility index (Phi) is 6.76. The Bertz CT molecular complexity index is 967. The van der Waals surface area contributed by atoms with E-state index in [4.69, 9.17) is 14.7 Å². The maximum atomic E-state index is 12.3. The number of benzene rings is 2. The van der Waals surface area contributed by atoms with E-state index in [1.165, 1.54) is 32.4 Å². The van der Waals surface area contributed by atoms with Crippen LogP contribution in [0, 0.1) is 11.3 Å². The van der Waals surface area contributed by atoms with Gasteiger partial charge in [0.2, 0.25) is 15.9 Å². The van der Waals surface area contributed by atoms with Crippen LogP contribution in [0.4, 0.5) is 0 Å². The summed E-state index contributed by atoms with van der Waals surface area (Å²) in [5.74, 6) is 0.581. The van der Waals surface area contributed by atoms with Gasteiger partial charge in [-0.2, -0.15) is 5.26 Å². The van der Waals surface area contributed by atoms with Crippen LogP contribution in [0.5, 0.6) is 11.5 Å². The number of carbonyl (C=O) groups is 1. The third-order valence-electron chi connectivity index (χ3n) is 3.66. The molecule has 0 aliphatic carbocycles. The van der Waals surface area contributed by atoms with E-state index in [0.29, 0.717) is 11.5 Å². The Morgan fingerprint density at radius 3 is 2.48 bits per heavy atom. The first-order valence-corrected chi connectivity index (χ1v) is 9.36. The van der Waals surface area contributed by atoms with Crippen LogP contribution in [0.1, 0.15) is 11.1 Å². The largest absolute Gasteiger partial charge is 0.493 e. The highest BCUT2D eigenvalue weighted by molar-refractivity contribution is 7.89. The predicted octanol–water partition coefficient (Wildman–Crippen LogP) is 1.17. The summed E-state index contributed by atoms with van der Waals surface area (Å²) in [6, 6.07) is 12.8. The minimum Gasteiger partial charge on any atom is -0.493 e. The first kappa shape index (κ1) is 20.2. The molecule has 2 aromatic rings. The smallest absolute Gasteiger partial charge is 0.242 e. The number of ether oxygens (including phenoxy) is 2. The quantitative estimate of drug-likeness (QED) is 0.700. The highest BCUT2D eigenvalue weighted by Gasteiger charge is 2.19. The van der Waals surface area contributed by atoms with Crippen molar-refractivity contribution in [3.05, 3.63) is 53.6 Å². The summed E-state index contributed by atoms with van der Waals surface area (Å²) in [4.78, 5) is 11.8. The van der Waals surface area contributed by atoms with E-state index in [2.05, 4.69) is 10.0 Å². The van der Waals surface area contributed by atoms with Crippen molar-refractivity contribution in [3.8, 4) is 17.6 Å². The van der Waals surface area contributed by atoms with Crippen molar-refractivity contribution in [1.82, 2.24) is 10.0 Å². The lowest BCUT2D eigenvalue weighted by atomic mass is 10.2. The zero-order valence-corrected chi connectivity index (χ0v) is 15.7. The summed E-state index contributed by atoms with van der Waals surface area (Å²) in [6.07, 6.45) is 0. The van der Waals surface area contributed by atoms with Gasteiger partial charge in [-0.15, -0.1) is 0 Å². The molecule has 8 nitrogen and oxygen atoms in total. The number of hydrogen-bond donors (Lipinski definition) is 2. The van der Waals surface area contributed by atoms with Gasteiger partial charge in [-0.25, -0.2) is 13.1 Å². The second-order valence-corrected chi connectivity index (χ2v) is 7.13. The number of nitrogens with one attached hydrogen (secondary N) is 2. The van der Waals surface area contributed by atoms with Crippen LogP contribution in [0.2, 0.25) is 0 Å². The molecule has 0 aliphatic rings. The highest BCUT2D eigenvalue weighted by atomic mass is 32.2. The van der Waals surface area contributed by atoms with E-state index in [9.17, 15) is 13.2 Å². The molecule has 2 rings (SSSR count). The molecule has 0 radical (unpaired) electrons. The van der Waals surface area contributed by atoms with Crippen LogP contribution < -0.4 is 19.5 Å². The summed E-state index contributed by atoms with van der Waals surface area (Å²) >= 11 is 0. The lowest BCUT2D eigenvalue weighted by Gasteiger charge is -2.11. The second kappa shape index (κ2) is 9.02. The lowest BCUT2D eigenvalue weighted by Crippen LogP contribution is -2.36. The minimum atomic E-state index is -3.97. The van der Waals surface area contributed by atoms with E-state index in [-0.39, 0.29) is 17.0 Å². The van der Waals surface area contributed by atoms with Gasteiger partial charge in [0.25, 0.3) is 0 Å². The van der Waals surface area contributed by atoms with E-state index in [1.807, 2.05) is 6.07 Å². The predicted molar refractivity (Wildman–Crippen MR) is 97.7 cm³/mol. The maximum Gasteiger partial charge on any atom is 0.242 e. The summed E-state index contributed by atoms with van der Waals surface area (Å²) < 4.78 is 37.1. The molecule has 0 unspecified atom stereocenters. The average Bonchev–Trinajstić information content (AvgIpc) is 2.70. The van der Waals surface area contributed by atoms with Crippen molar-refractivity contribution in [2.45, 2.75) is 11.4 Å². The number of amides is 1. The second-order valence-electron chi connectivity index (χ2n) is 5.40. The molecule has 0 aromatic heterocycles. The Hall–Kier alpha value is -3.09. The van der Waals surface area contributed by atoms with Crippen LogP contribution in [0.3, 0.4) is 0 Å². The molecule has 0 heterocycles. The van der Waals surface area contributed by atoms with Gasteiger partial charge in [-0.3, -0.25) is 4.79 Å². The zero-order valence-electron chi connectivity index (χ0n) is 14.9. The molecular formula is C18H19N3O5S. The molecular weight excluding hydrogens is 370 g/mol. The maximum absolute atomic E-state index is 12.3. The molecule has 9 heteroatoms. The Labute approximate surface area is 157 Å². The van der Waals surface area contributed by atoms with Crippen LogP contribution in [-0.4, -0.2) is 35.1 Å². The molecule has 0 saturated carbocycles. The van der Waals surface area contributed by atoms with Crippen molar-refractivity contribution >= 4 is 15.9 Å². The normalized spacial score (nSPS) is 10.7. The summed E-state index contributed by atoms with van der Waals surface area (Å²) in [5.41, 5.74) is 0.773. The fraction of sp³-hybridized carbons (Fsp3) is 0.222. The van der Waals surface area contributed by atoms with Gasteiger partial charge in [-0.05, 0) is 29.8 Å². The third kappa shape index (κ3) is 5.20. The molecule has 142 valence electrons. The van der Waals surface area contributed by atoms with E-state index < -0.39 is 22.5 Å². The van der Waals surface area contributed by atoms with Crippen LogP contribution in [-0.2, 0) is 21.4 Å².